The molecule has 0 N–H and O–H groups in total. The Bertz CT molecular complexity index is 790. The molecule has 2 aromatic rings. The standard InChI is InChI=1S/C22H27NO3Si/c1-16-20(26-17(2)24)21(25)23(16)27(22(3,4)5,18-12-8-6-9-13-18)19-14-10-7-11-15-19/h6-16,20H,1-5H3/t16-,20+/m0/s1. The van der Waals surface area contributed by atoms with E-state index in [1.165, 1.54) is 17.3 Å². The zero-order valence-corrected chi connectivity index (χ0v) is 17.6. The van der Waals surface area contributed by atoms with Gasteiger partial charge in [-0.15, -0.1) is 0 Å². The Balaban J connectivity index is 2.23. The molecule has 4 nitrogen and oxygen atoms in total. The van der Waals surface area contributed by atoms with Crippen molar-refractivity contribution < 1.29 is 14.3 Å². The van der Waals surface area contributed by atoms with E-state index in [1.807, 2.05) is 47.9 Å². The molecule has 0 aromatic heterocycles. The number of rotatable bonds is 4. The molecule has 0 unspecified atom stereocenters. The van der Waals surface area contributed by atoms with E-state index in [-0.39, 0.29) is 17.0 Å². The van der Waals surface area contributed by atoms with Crippen molar-refractivity contribution in [2.75, 3.05) is 0 Å². The Kier molecular flexibility index (Phi) is 4.99. The molecule has 1 heterocycles. The number of amides is 1. The molecular weight excluding hydrogens is 354 g/mol. The lowest BCUT2D eigenvalue weighted by Crippen LogP contribution is -2.85. The molecule has 1 fully saturated rings. The van der Waals surface area contributed by atoms with Gasteiger partial charge < -0.3 is 9.30 Å². The smallest absolute Gasteiger partial charge is 0.303 e. The largest absolute Gasteiger partial charge is 0.450 e. The minimum atomic E-state index is -2.69. The molecule has 1 amide bonds. The summed E-state index contributed by atoms with van der Waals surface area (Å²) in [6, 6.07) is 20.5. The van der Waals surface area contributed by atoms with Gasteiger partial charge in [-0.25, -0.2) is 0 Å². The number of ether oxygens (including phenoxy) is 1. The number of benzene rings is 2. The molecule has 2 aromatic carbocycles. The topological polar surface area (TPSA) is 46.6 Å². The third kappa shape index (κ3) is 3.00. The maximum Gasteiger partial charge on any atom is 0.303 e. The molecule has 2 atom stereocenters. The first-order valence-electron chi connectivity index (χ1n) is 9.32. The highest BCUT2D eigenvalue weighted by atomic mass is 28.3. The van der Waals surface area contributed by atoms with Gasteiger partial charge in [0.1, 0.15) is 0 Å². The molecule has 3 rings (SSSR count). The molecule has 0 spiro atoms. The van der Waals surface area contributed by atoms with Gasteiger partial charge in [-0.2, -0.15) is 0 Å². The highest BCUT2D eigenvalue weighted by Gasteiger charge is 2.63. The Morgan fingerprint density at radius 2 is 1.41 bits per heavy atom. The first-order valence-corrected chi connectivity index (χ1v) is 11.3. The maximum atomic E-state index is 13.2. The van der Waals surface area contributed by atoms with Crippen molar-refractivity contribution in [2.24, 2.45) is 0 Å². The molecule has 0 aliphatic carbocycles. The van der Waals surface area contributed by atoms with Gasteiger partial charge in [0.05, 0.1) is 6.04 Å². The van der Waals surface area contributed by atoms with Crippen LogP contribution in [0.4, 0.5) is 0 Å². The summed E-state index contributed by atoms with van der Waals surface area (Å²) in [5, 5.41) is 2.20. The molecule has 0 saturated carbocycles. The second-order valence-corrected chi connectivity index (χ2v) is 12.7. The first-order chi connectivity index (χ1) is 12.7. The van der Waals surface area contributed by atoms with Crippen LogP contribution in [0.2, 0.25) is 5.04 Å². The fourth-order valence-corrected chi connectivity index (χ4v) is 10.3. The second kappa shape index (κ2) is 6.96. The van der Waals surface area contributed by atoms with Crippen molar-refractivity contribution in [2.45, 2.75) is 51.8 Å². The number of carbonyl (C=O) groups is 2. The van der Waals surface area contributed by atoms with Crippen LogP contribution in [0.5, 0.6) is 0 Å². The molecule has 1 aliphatic heterocycles. The van der Waals surface area contributed by atoms with Crippen molar-refractivity contribution in [1.29, 1.82) is 0 Å². The van der Waals surface area contributed by atoms with Crippen LogP contribution in [-0.2, 0) is 14.3 Å². The highest BCUT2D eigenvalue weighted by molar-refractivity contribution is 7.03. The number of carbonyl (C=O) groups excluding carboxylic acids is 2. The maximum absolute atomic E-state index is 13.2. The molecule has 27 heavy (non-hydrogen) atoms. The summed E-state index contributed by atoms with van der Waals surface area (Å²) < 4.78 is 7.35. The predicted molar refractivity (Wildman–Crippen MR) is 109 cm³/mol. The van der Waals surface area contributed by atoms with Crippen LogP contribution in [0.3, 0.4) is 0 Å². The van der Waals surface area contributed by atoms with Gasteiger partial charge >= 0.3 is 5.97 Å². The lowest BCUT2D eigenvalue weighted by molar-refractivity contribution is -0.173. The zero-order chi connectivity index (χ0) is 19.8. The Morgan fingerprint density at radius 1 is 0.963 bits per heavy atom. The van der Waals surface area contributed by atoms with Crippen LogP contribution in [0.25, 0.3) is 0 Å². The first kappa shape index (κ1) is 19.4. The van der Waals surface area contributed by atoms with E-state index in [9.17, 15) is 9.59 Å². The molecule has 1 aliphatic rings. The van der Waals surface area contributed by atoms with E-state index in [4.69, 9.17) is 4.74 Å². The van der Waals surface area contributed by atoms with Crippen LogP contribution in [0, 0.1) is 0 Å². The summed E-state index contributed by atoms with van der Waals surface area (Å²) in [4.78, 5) is 24.7. The Hall–Kier alpha value is -2.40. The minimum absolute atomic E-state index is 0.0907. The van der Waals surface area contributed by atoms with Crippen molar-refractivity contribution in [3.63, 3.8) is 0 Å². The van der Waals surface area contributed by atoms with Gasteiger partial charge in [0.15, 0.2) is 6.10 Å². The molecule has 0 bridgehead atoms. The summed E-state index contributed by atoms with van der Waals surface area (Å²) in [6.45, 7) is 9.95. The van der Waals surface area contributed by atoms with E-state index in [2.05, 4.69) is 45.0 Å². The average Bonchev–Trinajstić information content (AvgIpc) is 2.64. The third-order valence-corrected chi connectivity index (χ3v) is 11.3. The van der Waals surface area contributed by atoms with E-state index < -0.39 is 20.3 Å². The summed E-state index contributed by atoms with van der Waals surface area (Å²) in [7, 11) is -2.69. The van der Waals surface area contributed by atoms with E-state index in [0.717, 1.165) is 0 Å². The van der Waals surface area contributed by atoms with Gasteiger partial charge in [-0.05, 0) is 22.3 Å². The quantitative estimate of drug-likeness (QED) is 0.465. The number of hydrogen-bond acceptors (Lipinski definition) is 3. The summed E-state index contributed by atoms with van der Waals surface area (Å²) in [5.41, 5.74) is 0. The normalized spacial score (nSPS) is 20.2. The monoisotopic (exact) mass is 381 g/mol. The SMILES string of the molecule is CC(=O)O[C@H]1C(=O)N([Si](c2ccccc2)(c2ccccc2)C(C)(C)C)[C@H]1C. The number of nitrogens with zero attached hydrogens (tertiary/aromatic N) is 1. The lowest BCUT2D eigenvalue weighted by atomic mass is 10.0. The van der Waals surface area contributed by atoms with Crippen molar-refractivity contribution in [3.05, 3.63) is 60.7 Å². The summed E-state index contributed by atoms with van der Waals surface area (Å²) in [6.07, 6.45) is -0.691. The second-order valence-electron chi connectivity index (χ2n) is 8.17. The molecule has 1 saturated heterocycles. The van der Waals surface area contributed by atoms with Crippen LogP contribution in [-0.4, -0.2) is 36.8 Å². The third-order valence-electron chi connectivity index (χ3n) is 5.45. The number of hydrogen-bond donors (Lipinski definition) is 0. The van der Waals surface area contributed by atoms with Crippen LogP contribution >= 0.6 is 0 Å². The van der Waals surface area contributed by atoms with Gasteiger partial charge in [0, 0.05) is 6.92 Å². The van der Waals surface area contributed by atoms with Crippen LogP contribution in [0.1, 0.15) is 34.6 Å². The van der Waals surface area contributed by atoms with Crippen molar-refractivity contribution in [1.82, 2.24) is 4.57 Å². The number of esters is 1. The molecule has 0 radical (unpaired) electrons. The van der Waals surface area contributed by atoms with Crippen LogP contribution in [0.15, 0.2) is 60.7 Å². The van der Waals surface area contributed by atoms with Crippen molar-refractivity contribution >= 4 is 30.5 Å². The van der Waals surface area contributed by atoms with Gasteiger partial charge in [0.25, 0.3) is 5.91 Å². The van der Waals surface area contributed by atoms with E-state index >= 15 is 0 Å². The Labute approximate surface area is 162 Å². The zero-order valence-electron chi connectivity index (χ0n) is 16.6. The fourth-order valence-electron chi connectivity index (χ4n) is 4.43. The molecular formula is C22H27NO3Si. The van der Waals surface area contributed by atoms with E-state index in [1.54, 1.807) is 0 Å². The number of β-lactam (4-membered cyclic amide) rings is 1. The van der Waals surface area contributed by atoms with Gasteiger partial charge in [-0.3, -0.25) is 9.59 Å². The predicted octanol–water partition coefficient (Wildman–Crippen LogP) is 2.71. The summed E-state index contributed by atoms with van der Waals surface area (Å²) in [5.74, 6) is -0.505. The average molecular weight is 382 g/mol. The molecule has 142 valence electrons. The lowest BCUT2D eigenvalue weighted by Gasteiger charge is -2.59. The van der Waals surface area contributed by atoms with Crippen molar-refractivity contribution in [3.8, 4) is 0 Å². The van der Waals surface area contributed by atoms with E-state index in [0.29, 0.717) is 0 Å². The van der Waals surface area contributed by atoms with Crippen LogP contribution < -0.4 is 10.4 Å². The highest BCUT2D eigenvalue weighted by Crippen LogP contribution is 2.43. The Morgan fingerprint density at radius 3 is 1.74 bits per heavy atom. The van der Waals surface area contributed by atoms with Gasteiger partial charge in [0.2, 0.25) is 8.24 Å². The minimum Gasteiger partial charge on any atom is -0.450 e. The molecule has 5 heteroatoms. The fraction of sp³-hybridized carbons (Fsp3) is 0.364. The van der Waals surface area contributed by atoms with Gasteiger partial charge in [-0.1, -0.05) is 81.4 Å². The summed E-state index contributed by atoms with van der Waals surface area (Å²) >= 11 is 0.